The largest absolute Gasteiger partial charge is 0.480 e. The van der Waals surface area contributed by atoms with Crippen LogP contribution in [0.2, 0.25) is 0 Å². The number of benzene rings is 1. The van der Waals surface area contributed by atoms with Crippen LogP contribution >= 0.6 is 0 Å². The first-order valence-electron chi connectivity index (χ1n) is 5.77. The zero-order valence-electron chi connectivity index (χ0n) is 10.5. The molecule has 1 rings (SSSR count). The maximum Gasteiger partial charge on any atom is 0.326 e. The number of nitrogens with one attached hydrogen (secondary N) is 1. The summed E-state index contributed by atoms with van der Waals surface area (Å²) < 4.78 is 4.86. The second-order valence-electron chi connectivity index (χ2n) is 3.98. The van der Waals surface area contributed by atoms with Gasteiger partial charge in [-0.05, 0) is 18.9 Å². The molecule has 0 radical (unpaired) electrons. The zero-order valence-corrected chi connectivity index (χ0v) is 10.5. The van der Waals surface area contributed by atoms with E-state index in [1.807, 2.05) is 0 Å². The molecule has 0 saturated carbocycles. The molecule has 1 aromatic rings. The van der Waals surface area contributed by atoms with E-state index in [1.165, 1.54) is 18.2 Å². The number of nitrogens with zero attached hydrogens (tertiary/aromatic N) is 1. The molecule has 0 aromatic heterocycles. The van der Waals surface area contributed by atoms with Gasteiger partial charge in [0.2, 0.25) is 0 Å². The van der Waals surface area contributed by atoms with Gasteiger partial charge in [0.05, 0.1) is 4.92 Å². The van der Waals surface area contributed by atoms with Crippen molar-refractivity contribution >= 4 is 17.3 Å². The molecule has 0 saturated heterocycles. The van der Waals surface area contributed by atoms with Gasteiger partial charge in [0.15, 0.2) is 0 Å². The quantitative estimate of drug-likeness (QED) is 0.424. The molecule has 7 heteroatoms. The number of anilines is 1. The third kappa shape index (κ3) is 4.92. The maximum atomic E-state index is 11.1. The van der Waals surface area contributed by atoms with E-state index in [1.54, 1.807) is 13.2 Å². The molecule has 1 aromatic carbocycles. The van der Waals surface area contributed by atoms with Gasteiger partial charge in [0.1, 0.15) is 6.04 Å². The van der Waals surface area contributed by atoms with Crippen molar-refractivity contribution in [2.75, 3.05) is 19.0 Å². The van der Waals surface area contributed by atoms with E-state index < -0.39 is 16.9 Å². The second-order valence-corrected chi connectivity index (χ2v) is 3.98. The molecule has 7 nitrogen and oxygen atoms in total. The Balaban J connectivity index is 2.70. The summed E-state index contributed by atoms with van der Waals surface area (Å²) in [6.45, 7) is 0.473. The maximum absolute atomic E-state index is 11.1. The van der Waals surface area contributed by atoms with Crippen LogP contribution in [-0.2, 0) is 9.53 Å². The fourth-order valence-electron chi connectivity index (χ4n) is 1.60. The number of rotatable bonds is 8. The lowest BCUT2D eigenvalue weighted by molar-refractivity contribution is -0.384. The number of carbonyl (C=O) groups is 1. The highest BCUT2D eigenvalue weighted by molar-refractivity contribution is 5.77. The van der Waals surface area contributed by atoms with Crippen molar-refractivity contribution < 1.29 is 19.6 Å². The van der Waals surface area contributed by atoms with Crippen LogP contribution in [-0.4, -0.2) is 35.8 Å². The highest BCUT2D eigenvalue weighted by Crippen LogP contribution is 2.18. The van der Waals surface area contributed by atoms with Crippen LogP contribution in [0.5, 0.6) is 0 Å². The summed E-state index contributed by atoms with van der Waals surface area (Å²) in [7, 11) is 1.55. The number of non-ortho nitro benzene ring substituents is 1. The van der Waals surface area contributed by atoms with Crippen molar-refractivity contribution in [3.8, 4) is 0 Å². The molecule has 2 N–H and O–H groups in total. The van der Waals surface area contributed by atoms with Gasteiger partial charge in [-0.1, -0.05) is 6.07 Å². The fourth-order valence-corrected chi connectivity index (χ4v) is 1.60. The minimum Gasteiger partial charge on any atom is -0.480 e. The van der Waals surface area contributed by atoms with Gasteiger partial charge in [-0.15, -0.1) is 0 Å². The molecule has 0 aliphatic carbocycles. The van der Waals surface area contributed by atoms with Gasteiger partial charge >= 0.3 is 5.97 Å². The van der Waals surface area contributed by atoms with Crippen molar-refractivity contribution in [3.63, 3.8) is 0 Å². The van der Waals surface area contributed by atoms with E-state index in [2.05, 4.69) is 5.32 Å². The minimum atomic E-state index is -0.998. The lowest BCUT2D eigenvalue weighted by atomic mass is 10.1. The van der Waals surface area contributed by atoms with Crippen LogP contribution in [0.1, 0.15) is 12.8 Å². The summed E-state index contributed by atoms with van der Waals surface area (Å²) in [5, 5.41) is 22.5. The van der Waals surface area contributed by atoms with Crippen LogP contribution < -0.4 is 5.32 Å². The normalized spacial score (nSPS) is 11.8. The monoisotopic (exact) mass is 268 g/mol. The highest BCUT2D eigenvalue weighted by Gasteiger charge is 2.17. The summed E-state index contributed by atoms with van der Waals surface area (Å²) >= 11 is 0. The molecule has 1 unspecified atom stereocenters. The van der Waals surface area contributed by atoms with Gasteiger partial charge in [-0.3, -0.25) is 10.1 Å². The van der Waals surface area contributed by atoms with Crippen molar-refractivity contribution in [3.05, 3.63) is 34.4 Å². The SMILES string of the molecule is COCCCC(Nc1cccc([N+](=O)[O-])c1)C(=O)O. The lowest BCUT2D eigenvalue weighted by Gasteiger charge is -2.15. The summed E-state index contributed by atoms with van der Waals surface area (Å²) in [5.74, 6) is -0.998. The Hall–Kier alpha value is -2.15. The Labute approximate surface area is 110 Å². The van der Waals surface area contributed by atoms with Crippen LogP contribution in [0.15, 0.2) is 24.3 Å². The first kappa shape index (κ1) is 14.9. The molecule has 0 fully saturated rings. The number of nitro benzene ring substituents is 1. The van der Waals surface area contributed by atoms with Crippen LogP contribution in [0.3, 0.4) is 0 Å². The molecule has 19 heavy (non-hydrogen) atoms. The molecule has 0 aliphatic heterocycles. The van der Waals surface area contributed by atoms with Crippen molar-refractivity contribution in [1.29, 1.82) is 0 Å². The molecular formula is C12H16N2O5. The van der Waals surface area contributed by atoms with Gasteiger partial charge in [-0.2, -0.15) is 0 Å². The van der Waals surface area contributed by atoms with Gasteiger partial charge in [-0.25, -0.2) is 4.79 Å². The fraction of sp³-hybridized carbons (Fsp3) is 0.417. The van der Waals surface area contributed by atoms with Crippen molar-refractivity contribution in [1.82, 2.24) is 0 Å². The first-order valence-corrected chi connectivity index (χ1v) is 5.77. The number of aliphatic carboxylic acids is 1. The minimum absolute atomic E-state index is 0.0777. The summed E-state index contributed by atoms with van der Waals surface area (Å²) in [5.41, 5.74) is 0.338. The predicted molar refractivity (Wildman–Crippen MR) is 69.3 cm³/mol. The smallest absolute Gasteiger partial charge is 0.326 e. The summed E-state index contributed by atoms with van der Waals surface area (Å²) in [4.78, 5) is 21.2. The standard InChI is InChI=1S/C12H16N2O5/c1-19-7-3-6-11(12(15)16)13-9-4-2-5-10(8-9)14(17)18/h2,4-5,8,11,13H,3,6-7H2,1H3,(H,15,16). The Bertz CT molecular complexity index is 450. The topological polar surface area (TPSA) is 102 Å². The lowest BCUT2D eigenvalue weighted by Crippen LogP contribution is -2.29. The average Bonchev–Trinajstić information content (AvgIpc) is 2.38. The van der Waals surface area contributed by atoms with E-state index >= 15 is 0 Å². The van der Waals surface area contributed by atoms with Crippen LogP contribution in [0.4, 0.5) is 11.4 Å². The molecule has 0 heterocycles. The van der Waals surface area contributed by atoms with Crippen molar-refractivity contribution in [2.45, 2.75) is 18.9 Å². The molecule has 0 aliphatic rings. The number of nitro groups is 1. The third-order valence-corrected chi connectivity index (χ3v) is 2.54. The number of ether oxygens (including phenoxy) is 1. The second kappa shape index (κ2) is 7.32. The molecule has 1 atom stereocenters. The number of carboxylic acids is 1. The molecule has 0 amide bonds. The van der Waals surface area contributed by atoms with Crippen LogP contribution in [0, 0.1) is 10.1 Å². The number of carboxylic acid groups (broad SMARTS) is 1. The number of hydrogen-bond donors (Lipinski definition) is 2. The first-order chi connectivity index (χ1) is 9.04. The van der Waals surface area contributed by atoms with Crippen LogP contribution in [0.25, 0.3) is 0 Å². The van der Waals surface area contributed by atoms with Gasteiger partial charge in [0, 0.05) is 31.5 Å². The van der Waals surface area contributed by atoms with Crippen molar-refractivity contribution in [2.24, 2.45) is 0 Å². The van der Waals surface area contributed by atoms with Gasteiger partial charge in [0.25, 0.3) is 5.69 Å². The van der Waals surface area contributed by atoms with E-state index in [4.69, 9.17) is 9.84 Å². The molecular weight excluding hydrogens is 252 g/mol. The van der Waals surface area contributed by atoms with Gasteiger partial charge < -0.3 is 15.2 Å². The number of methoxy groups -OCH3 is 1. The Kier molecular flexibility index (Phi) is 5.74. The summed E-state index contributed by atoms with van der Waals surface area (Å²) in [6, 6.07) is 4.98. The Morgan fingerprint density at radius 1 is 1.58 bits per heavy atom. The third-order valence-electron chi connectivity index (χ3n) is 2.54. The van der Waals surface area contributed by atoms with E-state index in [-0.39, 0.29) is 5.69 Å². The zero-order chi connectivity index (χ0) is 14.3. The van der Waals surface area contributed by atoms with E-state index in [0.29, 0.717) is 25.1 Å². The molecule has 104 valence electrons. The number of hydrogen-bond acceptors (Lipinski definition) is 5. The summed E-state index contributed by atoms with van der Waals surface area (Å²) in [6.07, 6.45) is 0.973. The van der Waals surface area contributed by atoms with E-state index in [9.17, 15) is 14.9 Å². The highest BCUT2D eigenvalue weighted by atomic mass is 16.6. The Morgan fingerprint density at radius 3 is 2.89 bits per heavy atom. The average molecular weight is 268 g/mol. The predicted octanol–water partition coefficient (Wildman–Crippen LogP) is 1.89. The van der Waals surface area contributed by atoms with E-state index in [0.717, 1.165) is 0 Å². The molecule has 0 bridgehead atoms. The molecule has 0 spiro atoms. The Morgan fingerprint density at radius 2 is 2.32 bits per heavy atom.